The molecule has 0 saturated heterocycles. The summed E-state index contributed by atoms with van der Waals surface area (Å²) < 4.78 is 26.2. The number of rotatable bonds is 15. The van der Waals surface area contributed by atoms with Crippen LogP contribution < -0.4 is 15.2 Å². The van der Waals surface area contributed by atoms with Crippen molar-refractivity contribution in [2.45, 2.75) is 98.8 Å². The van der Waals surface area contributed by atoms with Crippen LogP contribution in [0.15, 0.2) is 18.2 Å². The molecule has 1 aromatic rings. The second-order valence-corrected chi connectivity index (χ2v) is 9.62. The first-order chi connectivity index (χ1) is 17.9. The molecule has 5 atom stereocenters. The molecule has 10 heteroatoms. The molecule has 1 aromatic carbocycles. The highest BCUT2D eigenvalue weighted by Crippen LogP contribution is 2.30. The van der Waals surface area contributed by atoms with Gasteiger partial charge in [-0.3, -0.25) is 14.4 Å². The van der Waals surface area contributed by atoms with Crippen LogP contribution in [-0.2, 0) is 35.0 Å². The van der Waals surface area contributed by atoms with Gasteiger partial charge in [-0.25, -0.2) is 4.79 Å². The molecule has 0 aliphatic heterocycles. The van der Waals surface area contributed by atoms with Crippen molar-refractivity contribution in [2.75, 3.05) is 6.61 Å². The van der Waals surface area contributed by atoms with Gasteiger partial charge in [0.1, 0.15) is 18.2 Å². The van der Waals surface area contributed by atoms with Gasteiger partial charge in [0.2, 0.25) is 0 Å². The summed E-state index contributed by atoms with van der Waals surface area (Å²) in [6, 6.07) is 3.64. The van der Waals surface area contributed by atoms with Crippen LogP contribution in [0.1, 0.15) is 79.7 Å². The zero-order valence-corrected chi connectivity index (χ0v) is 23.6. The Labute approximate surface area is 225 Å². The van der Waals surface area contributed by atoms with Crippen molar-refractivity contribution >= 4 is 24.1 Å². The lowest BCUT2D eigenvalue weighted by Crippen LogP contribution is -2.39. The Morgan fingerprint density at radius 3 is 1.84 bits per heavy atom. The maximum absolute atomic E-state index is 12.6. The van der Waals surface area contributed by atoms with Gasteiger partial charge in [-0.15, -0.1) is 0 Å². The summed E-state index contributed by atoms with van der Waals surface area (Å²) in [5.41, 5.74) is 6.65. The van der Waals surface area contributed by atoms with Gasteiger partial charge < -0.3 is 29.4 Å². The van der Waals surface area contributed by atoms with Gasteiger partial charge in [0, 0.05) is 12.8 Å². The number of carbonyl (C=O) groups excluding carboxylic acids is 4. The lowest BCUT2D eigenvalue weighted by Gasteiger charge is -2.22. The summed E-state index contributed by atoms with van der Waals surface area (Å²) in [5, 5.41) is 0. The number of benzene rings is 1. The second-order valence-electron chi connectivity index (χ2n) is 9.62. The predicted octanol–water partition coefficient (Wildman–Crippen LogP) is 4.73. The van der Waals surface area contributed by atoms with Crippen LogP contribution >= 0.6 is 0 Å². The molecule has 0 spiro atoms. The molecular formula is C28H43NO9. The molecule has 2 unspecified atom stereocenters. The maximum atomic E-state index is 12.6. The van der Waals surface area contributed by atoms with Crippen LogP contribution in [0.4, 0.5) is 4.79 Å². The summed E-state index contributed by atoms with van der Waals surface area (Å²) in [4.78, 5) is 48.9. The number of carbonyl (C=O) groups is 4. The van der Waals surface area contributed by atoms with Crippen molar-refractivity contribution in [2.24, 2.45) is 17.6 Å². The van der Waals surface area contributed by atoms with E-state index in [9.17, 15) is 19.2 Å². The van der Waals surface area contributed by atoms with Gasteiger partial charge in [0.05, 0.1) is 6.61 Å². The Balaban J connectivity index is 2.96. The van der Waals surface area contributed by atoms with Crippen LogP contribution in [0.25, 0.3) is 0 Å². The van der Waals surface area contributed by atoms with Crippen LogP contribution in [0.5, 0.6) is 11.5 Å². The highest BCUT2D eigenvalue weighted by molar-refractivity contribution is 5.77. The number of esters is 3. The van der Waals surface area contributed by atoms with E-state index in [1.54, 1.807) is 26.8 Å². The summed E-state index contributed by atoms with van der Waals surface area (Å²) in [6.07, 6.45) is -0.227. The predicted molar refractivity (Wildman–Crippen MR) is 141 cm³/mol. The smallest absolute Gasteiger partial charge is 0.458 e. The average Bonchev–Trinajstić information content (AvgIpc) is 2.85. The van der Waals surface area contributed by atoms with E-state index in [-0.39, 0.29) is 49.2 Å². The second kappa shape index (κ2) is 16.7. The molecule has 0 aliphatic carbocycles. The normalized spacial score (nSPS) is 14.8. The van der Waals surface area contributed by atoms with Gasteiger partial charge in [0.15, 0.2) is 11.5 Å². The van der Waals surface area contributed by atoms with E-state index >= 15 is 0 Å². The van der Waals surface area contributed by atoms with Crippen molar-refractivity contribution in [3.63, 3.8) is 0 Å². The fourth-order valence-electron chi connectivity index (χ4n) is 3.13. The topological polar surface area (TPSA) is 140 Å². The van der Waals surface area contributed by atoms with Gasteiger partial charge in [-0.05, 0) is 56.7 Å². The fourth-order valence-corrected chi connectivity index (χ4v) is 3.13. The first-order valence-corrected chi connectivity index (χ1v) is 13.2. The minimum absolute atomic E-state index is 0.0652. The van der Waals surface area contributed by atoms with Crippen LogP contribution in [0.2, 0.25) is 0 Å². The van der Waals surface area contributed by atoms with Gasteiger partial charge >= 0.3 is 24.1 Å². The zero-order chi connectivity index (χ0) is 28.8. The van der Waals surface area contributed by atoms with Crippen molar-refractivity contribution in [3.05, 3.63) is 23.8 Å². The number of nitrogens with two attached hydrogens (primary N) is 1. The van der Waals surface area contributed by atoms with E-state index in [4.69, 9.17) is 29.4 Å². The third-order valence-corrected chi connectivity index (χ3v) is 6.15. The number of ether oxygens (including phenoxy) is 5. The average molecular weight is 538 g/mol. The molecule has 0 amide bonds. The SMILES string of the molecule is CCOC(=O)O[C@@H](C)[C@H](C)OC(=O)[C@@H](N)Cc1ccc(OC(=O)CC(C)CC)c(OC(=O)CC(C)CC)c1. The minimum Gasteiger partial charge on any atom is -0.458 e. The van der Waals surface area contributed by atoms with Gasteiger partial charge in [-0.1, -0.05) is 46.6 Å². The first kappa shape index (κ1) is 32.9. The van der Waals surface area contributed by atoms with E-state index in [1.807, 2.05) is 27.7 Å². The standard InChI is InChI=1S/C28H43NO9/c1-8-17(4)13-25(30)37-23-12-11-21(16-24(23)38-26(31)14-18(5)9-2)15-22(29)27(32)35-19(6)20(7)36-28(33)34-10-3/h11-12,16-20,22H,8-10,13-15,29H2,1-7H3/t17?,18?,19-,20-,22-/m0/s1. The molecule has 0 heterocycles. The monoisotopic (exact) mass is 537 g/mol. The lowest BCUT2D eigenvalue weighted by molar-refractivity contribution is -0.155. The molecule has 0 fully saturated rings. The zero-order valence-electron chi connectivity index (χ0n) is 23.6. The summed E-state index contributed by atoms with van der Waals surface area (Å²) in [5.74, 6) is -1.11. The number of hydrogen-bond acceptors (Lipinski definition) is 10. The summed E-state index contributed by atoms with van der Waals surface area (Å²) in [7, 11) is 0. The van der Waals surface area contributed by atoms with E-state index < -0.39 is 42.3 Å². The first-order valence-electron chi connectivity index (χ1n) is 13.2. The van der Waals surface area contributed by atoms with Crippen LogP contribution in [0, 0.1) is 11.8 Å². The Kier molecular flexibility index (Phi) is 14.4. The van der Waals surface area contributed by atoms with Crippen molar-refractivity contribution < 1.29 is 42.9 Å². The van der Waals surface area contributed by atoms with Crippen LogP contribution in [-0.4, -0.2) is 48.9 Å². The third-order valence-electron chi connectivity index (χ3n) is 6.15. The highest BCUT2D eigenvalue weighted by Gasteiger charge is 2.25. The van der Waals surface area contributed by atoms with E-state index in [0.717, 1.165) is 12.8 Å². The molecule has 0 aliphatic rings. The van der Waals surface area contributed by atoms with Crippen molar-refractivity contribution in [3.8, 4) is 11.5 Å². The fraction of sp³-hybridized carbons (Fsp3) is 0.643. The molecule has 2 N–H and O–H groups in total. The van der Waals surface area contributed by atoms with Gasteiger partial charge in [0.25, 0.3) is 0 Å². The quantitative estimate of drug-likeness (QED) is 0.246. The third kappa shape index (κ3) is 11.9. The Hall–Kier alpha value is -3.14. The molecule has 214 valence electrons. The van der Waals surface area contributed by atoms with Crippen LogP contribution in [0.3, 0.4) is 0 Å². The molecule has 0 aromatic heterocycles. The van der Waals surface area contributed by atoms with E-state index in [0.29, 0.717) is 5.56 Å². The van der Waals surface area contributed by atoms with E-state index in [2.05, 4.69) is 0 Å². The lowest BCUT2D eigenvalue weighted by atomic mass is 10.0. The Morgan fingerprint density at radius 2 is 1.32 bits per heavy atom. The molecule has 10 nitrogen and oxygen atoms in total. The molecule has 38 heavy (non-hydrogen) atoms. The van der Waals surface area contributed by atoms with Gasteiger partial charge in [-0.2, -0.15) is 0 Å². The molecule has 0 bridgehead atoms. The largest absolute Gasteiger partial charge is 0.508 e. The molecule has 0 saturated carbocycles. The highest BCUT2D eigenvalue weighted by atomic mass is 16.7. The Bertz CT molecular complexity index is 933. The van der Waals surface area contributed by atoms with Crippen molar-refractivity contribution in [1.82, 2.24) is 0 Å². The molecule has 0 radical (unpaired) electrons. The maximum Gasteiger partial charge on any atom is 0.508 e. The summed E-state index contributed by atoms with van der Waals surface area (Å²) in [6.45, 7) is 12.8. The summed E-state index contributed by atoms with van der Waals surface area (Å²) >= 11 is 0. The molecule has 1 rings (SSSR count). The minimum atomic E-state index is -1.05. The van der Waals surface area contributed by atoms with E-state index in [1.165, 1.54) is 12.1 Å². The van der Waals surface area contributed by atoms with Crippen molar-refractivity contribution in [1.29, 1.82) is 0 Å². The Morgan fingerprint density at radius 1 is 0.789 bits per heavy atom. The molecular weight excluding hydrogens is 494 g/mol. The number of hydrogen-bond donors (Lipinski definition) is 1.